The van der Waals surface area contributed by atoms with Crippen LogP contribution < -0.4 is 4.74 Å². The summed E-state index contributed by atoms with van der Waals surface area (Å²) in [7, 11) is 1.77. The van der Waals surface area contributed by atoms with Gasteiger partial charge in [0.05, 0.1) is 15.3 Å². The zero-order valence-electron chi connectivity index (χ0n) is 10.8. The van der Waals surface area contributed by atoms with Crippen LogP contribution in [0.1, 0.15) is 10.4 Å². The first-order valence-corrected chi connectivity index (χ1v) is 6.97. The van der Waals surface area contributed by atoms with Gasteiger partial charge in [-0.2, -0.15) is 5.10 Å². The van der Waals surface area contributed by atoms with Crippen molar-refractivity contribution in [3.8, 4) is 11.6 Å². The lowest BCUT2D eigenvalue weighted by molar-refractivity contribution is 0.0696. The van der Waals surface area contributed by atoms with Crippen molar-refractivity contribution in [3.63, 3.8) is 0 Å². The van der Waals surface area contributed by atoms with Gasteiger partial charge in [-0.3, -0.25) is 4.68 Å². The Balaban J connectivity index is 2.06. The second-order valence-electron chi connectivity index (χ2n) is 4.24. The summed E-state index contributed by atoms with van der Waals surface area (Å²) in [4.78, 5) is 19.3. The van der Waals surface area contributed by atoms with Crippen LogP contribution in [0.25, 0.3) is 11.0 Å². The third-order valence-electron chi connectivity index (χ3n) is 2.88. The fourth-order valence-corrected chi connectivity index (χ4v) is 2.29. The summed E-state index contributed by atoms with van der Waals surface area (Å²) >= 11 is 2.07. The maximum absolute atomic E-state index is 11.0. The molecule has 3 rings (SSSR count). The van der Waals surface area contributed by atoms with Gasteiger partial charge in [0.2, 0.25) is 5.88 Å². The van der Waals surface area contributed by atoms with Gasteiger partial charge < -0.3 is 9.84 Å². The van der Waals surface area contributed by atoms with Gasteiger partial charge in [-0.1, -0.05) is 0 Å². The molecule has 0 fully saturated rings. The molecule has 0 aliphatic heterocycles. The summed E-state index contributed by atoms with van der Waals surface area (Å²) in [5.74, 6) is -0.238. The Morgan fingerprint density at radius 3 is 2.95 bits per heavy atom. The first-order chi connectivity index (χ1) is 10.1. The minimum absolute atomic E-state index is 0.155. The smallest absolute Gasteiger partial charge is 0.335 e. The van der Waals surface area contributed by atoms with E-state index in [-0.39, 0.29) is 5.56 Å². The topological polar surface area (TPSA) is 90.1 Å². The molecule has 0 atom stereocenters. The normalized spacial score (nSPS) is 10.8. The largest absolute Gasteiger partial charge is 0.478 e. The molecule has 3 aromatic rings. The first-order valence-electron chi connectivity index (χ1n) is 5.89. The maximum Gasteiger partial charge on any atom is 0.335 e. The van der Waals surface area contributed by atoms with Crippen LogP contribution in [0.4, 0.5) is 0 Å². The predicted molar refractivity (Wildman–Crippen MR) is 82.5 cm³/mol. The van der Waals surface area contributed by atoms with Gasteiger partial charge in [0.1, 0.15) is 17.5 Å². The van der Waals surface area contributed by atoms with Crippen molar-refractivity contribution in [2.75, 3.05) is 0 Å². The summed E-state index contributed by atoms with van der Waals surface area (Å²) in [6.45, 7) is 0. The number of nitrogens with zero attached hydrogens (tertiary/aromatic N) is 4. The molecule has 0 spiro atoms. The van der Waals surface area contributed by atoms with Crippen molar-refractivity contribution < 1.29 is 14.6 Å². The SMILES string of the molecule is Cn1ncc2c(Oc3cc(C(=O)O)ccc3I)ncnc21. The lowest BCUT2D eigenvalue weighted by atomic mass is 10.2. The van der Waals surface area contributed by atoms with E-state index >= 15 is 0 Å². The maximum atomic E-state index is 11.0. The van der Waals surface area contributed by atoms with Crippen molar-refractivity contribution in [2.24, 2.45) is 7.05 Å². The van der Waals surface area contributed by atoms with E-state index in [9.17, 15) is 4.79 Å². The van der Waals surface area contributed by atoms with Crippen LogP contribution in [-0.2, 0) is 7.05 Å². The Morgan fingerprint density at radius 2 is 2.19 bits per heavy atom. The van der Waals surface area contributed by atoms with E-state index in [0.717, 1.165) is 3.57 Å². The molecule has 21 heavy (non-hydrogen) atoms. The van der Waals surface area contributed by atoms with Crippen LogP contribution in [0.2, 0.25) is 0 Å². The molecule has 8 heteroatoms. The predicted octanol–water partition coefficient (Wildman–Crippen LogP) is 2.46. The van der Waals surface area contributed by atoms with Gasteiger partial charge in [-0.25, -0.2) is 14.8 Å². The molecule has 0 aliphatic rings. The molecular weight excluding hydrogens is 387 g/mol. The molecule has 2 heterocycles. The second kappa shape index (κ2) is 5.28. The summed E-state index contributed by atoms with van der Waals surface area (Å²) in [6.07, 6.45) is 2.99. The van der Waals surface area contributed by atoms with Crippen LogP contribution in [-0.4, -0.2) is 30.8 Å². The number of hydrogen-bond acceptors (Lipinski definition) is 5. The average molecular weight is 396 g/mol. The molecule has 2 aromatic heterocycles. The molecule has 0 unspecified atom stereocenters. The number of rotatable bonds is 3. The number of carbonyl (C=O) groups is 1. The van der Waals surface area contributed by atoms with E-state index in [2.05, 4.69) is 37.7 Å². The van der Waals surface area contributed by atoms with Crippen molar-refractivity contribution in [3.05, 3.63) is 39.9 Å². The molecule has 7 nitrogen and oxygen atoms in total. The number of aryl methyl sites for hydroxylation is 1. The van der Waals surface area contributed by atoms with Crippen LogP contribution in [0, 0.1) is 3.57 Å². The van der Waals surface area contributed by atoms with Crippen LogP contribution in [0.5, 0.6) is 11.6 Å². The van der Waals surface area contributed by atoms with E-state index in [0.29, 0.717) is 22.7 Å². The van der Waals surface area contributed by atoms with E-state index in [1.54, 1.807) is 24.0 Å². The minimum atomic E-state index is -1.01. The molecule has 0 amide bonds. The Morgan fingerprint density at radius 1 is 1.38 bits per heavy atom. The van der Waals surface area contributed by atoms with Crippen molar-refractivity contribution in [1.82, 2.24) is 19.7 Å². The van der Waals surface area contributed by atoms with Gasteiger partial charge in [0.25, 0.3) is 0 Å². The van der Waals surface area contributed by atoms with E-state index in [4.69, 9.17) is 9.84 Å². The highest BCUT2D eigenvalue weighted by atomic mass is 127. The van der Waals surface area contributed by atoms with Gasteiger partial charge in [0, 0.05) is 7.05 Å². The lowest BCUT2D eigenvalue weighted by Crippen LogP contribution is -1.99. The average Bonchev–Trinajstić information content (AvgIpc) is 2.84. The van der Waals surface area contributed by atoms with Crippen molar-refractivity contribution in [2.45, 2.75) is 0 Å². The number of aromatic nitrogens is 4. The number of fused-ring (bicyclic) bond motifs is 1. The number of ether oxygens (including phenoxy) is 1. The number of carboxylic acid groups (broad SMARTS) is 1. The van der Waals surface area contributed by atoms with E-state index in [1.165, 1.54) is 18.5 Å². The Kier molecular flexibility index (Phi) is 3.45. The number of hydrogen-bond donors (Lipinski definition) is 1. The van der Waals surface area contributed by atoms with E-state index in [1.807, 2.05) is 0 Å². The molecule has 1 N–H and O–H groups in total. The van der Waals surface area contributed by atoms with Crippen molar-refractivity contribution >= 4 is 39.6 Å². The zero-order chi connectivity index (χ0) is 15.0. The van der Waals surface area contributed by atoms with Gasteiger partial charge in [-0.15, -0.1) is 0 Å². The second-order valence-corrected chi connectivity index (χ2v) is 5.40. The molecule has 0 bridgehead atoms. The summed E-state index contributed by atoms with van der Waals surface area (Å²) in [5, 5.41) is 13.8. The third-order valence-corrected chi connectivity index (χ3v) is 3.77. The van der Waals surface area contributed by atoms with E-state index < -0.39 is 5.97 Å². The lowest BCUT2D eigenvalue weighted by Gasteiger charge is -2.08. The first kappa shape index (κ1) is 13.7. The molecule has 0 aliphatic carbocycles. The molecular formula is C13H9IN4O3. The molecule has 1 aromatic carbocycles. The Bertz CT molecular complexity index is 847. The summed E-state index contributed by atoms with van der Waals surface area (Å²) in [5.41, 5.74) is 0.798. The van der Waals surface area contributed by atoms with Crippen molar-refractivity contribution in [1.29, 1.82) is 0 Å². The molecule has 106 valence electrons. The highest BCUT2D eigenvalue weighted by Crippen LogP contribution is 2.30. The molecule has 0 radical (unpaired) electrons. The minimum Gasteiger partial charge on any atom is -0.478 e. The summed E-state index contributed by atoms with van der Waals surface area (Å²) < 4.78 is 8.15. The van der Waals surface area contributed by atoms with Gasteiger partial charge >= 0.3 is 5.97 Å². The standard InChI is InChI=1S/C13H9IN4O3/c1-18-11-8(5-17-18)12(16-6-15-11)21-10-4-7(13(19)20)2-3-9(10)14/h2-6H,1H3,(H,19,20). The molecule has 0 saturated carbocycles. The Labute approximate surface area is 132 Å². The summed E-state index contributed by atoms with van der Waals surface area (Å²) in [6, 6.07) is 4.67. The Hall–Kier alpha value is -2.23. The number of carboxylic acids is 1. The zero-order valence-corrected chi connectivity index (χ0v) is 13.0. The number of benzene rings is 1. The van der Waals surface area contributed by atoms with Crippen LogP contribution >= 0.6 is 22.6 Å². The number of halogens is 1. The quantitative estimate of drug-likeness (QED) is 0.685. The monoisotopic (exact) mass is 396 g/mol. The highest BCUT2D eigenvalue weighted by Gasteiger charge is 2.13. The fourth-order valence-electron chi connectivity index (χ4n) is 1.84. The van der Waals surface area contributed by atoms with Crippen LogP contribution in [0.15, 0.2) is 30.7 Å². The third kappa shape index (κ3) is 2.53. The highest BCUT2D eigenvalue weighted by molar-refractivity contribution is 14.1. The molecule has 0 saturated heterocycles. The number of aromatic carboxylic acids is 1. The van der Waals surface area contributed by atoms with Gasteiger partial charge in [-0.05, 0) is 40.8 Å². The fraction of sp³-hybridized carbons (Fsp3) is 0.0769. The van der Waals surface area contributed by atoms with Gasteiger partial charge in [0.15, 0.2) is 5.65 Å². The van der Waals surface area contributed by atoms with Crippen LogP contribution in [0.3, 0.4) is 0 Å².